The Kier molecular flexibility index (Phi) is 6.27. The first-order chi connectivity index (χ1) is 12.2. The van der Waals surface area contributed by atoms with Crippen LogP contribution in [0.5, 0.6) is 0 Å². The zero-order valence-electron chi connectivity index (χ0n) is 15.0. The lowest BCUT2D eigenvalue weighted by molar-refractivity contribution is -0.139. The van der Waals surface area contributed by atoms with E-state index in [0.717, 1.165) is 16.7 Å². The maximum Gasteiger partial charge on any atom is 0.408 e. The molecular formula is C20H22ClNO4. The quantitative estimate of drug-likeness (QED) is 0.805. The molecule has 138 valence electrons. The summed E-state index contributed by atoms with van der Waals surface area (Å²) in [7, 11) is 0. The van der Waals surface area contributed by atoms with Gasteiger partial charge in [-0.3, -0.25) is 0 Å². The van der Waals surface area contributed by atoms with Gasteiger partial charge in [-0.05, 0) is 49.6 Å². The van der Waals surface area contributed by atoms with Crippen molar-refractivity contribution in [3.05, 3.63) is 59.1 Å². The highest BCUT2D eigenvalue weighted by Gasteiger charge is 2.25. The number of carboxylic acid groups (broad SMARTS) is 1. The number of hydrogen-bond acceptors (Lipinski definition) is 3. The summed E-state index contributed by atoms with van der Waals surface area (Å²) < 4.78 is 5.16. The molecule has 0 fully saturated rings. The Bertz CT molecular complexity index is 781. The molecular weight excluding hydrogens is 354 g/mol. The maximum absolute atomic E-state index is 11.9. The first-order valence-corrected chi connectivity index (χ1v) is 8.59. The molecule has 0 aliphatic rings. The van der Waals surface area contributed by atoms with Gasteiger partial charge in [-0.15, -0.1) is 0 Å². The van der Waals surface area contributed by atoms with Crippen molar-refractivity contribution in [2.45, 2.75) is 38.8 Å². The minimum Gasteiger partial charge on any atom is -0.480 e. The van der Waals surface area contributed by atoms with E-state index in [-0.39, 0.29) is 6.42 Å². The fraction of sp³-hybridized carbons (Fsp3) is 0.300. The summed E-state index contributed by atoms with van der Waals surface area (Å²) in [4.78, 5) is 23.6. The third kappa shape index (κ3) is 5.77. The van der Waals surface area contributed by atoms with E-state index in [1.165, 1.54) is 0 Å². The molecule has 0 spiro atoms. The first kappa shape index (κ1) is 19.8. The Morgan fingerprint density at radius 1 is 1.12 bits per heavy atom. The van der Waals surface area contributed by atoms with Gasteiger partial charge in [0.1, 0.15) is 11.6 Å². The zero-order chi connectivity index (χ0) is 19.3. The molecule has 2 rings (SSSR count). The van der Waals surface area contributed by atoms with Gasteiger partial charge in [0.05, 0.1) is 0 Å². The highest BCUT2D eigenvalue weighted by atomic mass is 35.5. The molecule has 0 unspecified atom stereocenters. The van der Waals surface area contributed by atoms with E-state index in [4.69, 9.17) is 16.3 Å². The van der Waals surface area contributed by atoms with Crippen LogP contribution in [0.15, 0.2) is 48.5 Å². The number of hydrogen-bond donors (Lipinski definition) is 2. The highest BCUT2D eigenvalue weighted by molar-refractivity contribution is 6.30. The third-order valence-corrected chi connectivity index (χ3v) is 3.84. The van der Waals surface area contributed by atoms with Crippen molar-refractivity contribution < 1.29 is 19.4 Å². The standard InChI is InChI=1S/C20H22ClNO4/c1-20(2,3)26-19(25)22-17(18(23)24)12-14-6-4-5-7-16(14)13-8-10-15(21)11-9-13/h4-11,17H,12H2,1-3H3,(H,22,25)(H,23,24)/t17-/m0/s1. The minimum atomic E-state index is -1.12. The summed E-state index contributed by atoms with van der Waals surface area (Å²) in [5, 5.41) is 12.5. The number of carboxylic acids is 1. The van der Waals surface area contributed by atoms with Gasteiger partial charge in [0, 0.05) is 11.4 Å². The number of halogens is 1. The van der Waals surface area contributed by atoms with Gasteiger partial charge in [-0.2, -0.15) is 0 Å². The van der Waals surface area contributed by atoms with Crippen LogP contribution in [-0.2, 0) is 16.0 Å². The van der Waals surface area contributed by atoms with Crippen LogP contribution < -0.4 is 5.32 Å². The van der Waals surface area contributed by atoms with Crippen LogP contribution in [0.2, 0.25) is 5.02 Å². The second-order valence-electron chi connectivity index (χ2n) is 6.91. The SMILES string of the molecule is CC(C)(C)OC(=O)N[C@@H](Cc1ccccc1-c1ccc(Cl)cc1)C(=O)O. The molecule has 0 saturated heterocycles. The van der Waals surface area contributed by atoms with Crippen LogP contribution in [-0.4, -0.2) is 28.8 Å². The number of carbonyl (C=O) groups excluding carboxylic acids is 1. The molecule has 0 aliphatic heterocycles. The molecule has 1 atom stereocenters. The first-order valence-electron chi connectivity index (χ1n) is 8.22. The molecule has 1 amide bonds. The molecule has 26 heavy (non-hydrogen) atoms. The molecule has 2 N–H and O–H groups in total. The van der Waals surface area contributed by atoms with Crippen molar-refractivity contribution in [2.24, 2.45) is 0 Å². The van der Waals surface area contributed by atoms with E-state index in [1.807, 2.05) is 36.4 Å². The van der Waals surface area contributed by atoms with Crippen LogP contribution in [0.1, 0.15) is 26.3 Å². The van der Waals surface area contributed by atoms with E-state index >= 15 is 0 Å². The third-order valence-electron chi connectivity index (χ3n) is 3.59. The van der Waals surface area contributed by atoms with Crippen LogP contribution >= 0.6 is 11.6 Å². The van der Waals surface area contributed by atoms with Crippen molar-refractivity contribution >= 4 is 23.7 Å². The molecule has 5 nitrogen and oxygen atoms in total. The van der Waals surface area contributed by atoms with Crippen molar-refractivity contribution in [1.82, 2.24) is 5.32 Å². The summed E-state index contributed by atoms with van der Waals surface area (Å²) in [6.45, 7) is 5.16. The maximum atomic E-state index is 11.9. The van der Waals surface area contributed by atoms with Gasteiger partial charge >= 0.3 is 12.1 Å². The van der Waals surface area contributed by atoms with E-state index in [2.05, 4.69) is 5.32 Å². The highest BCUT2D eigenvalue weighted by Crippen LogP contribution is 2.26. The van der Waals surface area contributed by atoms with E-state index in [1.54, 1.807) is 32.9 Å². The molecule has 0 saturated carbocycles. The van der Waals surface area contributed by atoms with Crippen molar-refractivity contribution in [2.75, 3.05) is 0 Å². The normalized spacial score (nSPS) is 12.3. The Hall–Kier alpha value is -2.53. The summed E-state index contributed by atoms with van der Waals surface area (Å²) in [6.07, 6.45) is -0.623. The predicted octanol–water partition coefficient (Wildman–Crippen LogP) is 4.53. The number of rotatable bonds is 5. The van der Waals surface area contributed by atoms with Gasteiger partial charge in [0.2, 0.25) is 0 Å². The second-order valence-corrected chi connectivity index (χ2v) is 7.34. The topological polar surface area (TPSA) is 75.6 Å². The number of carbonyl (C=O) groups is 2. The monoisotopic (exact) mass is 375 g/mol. The van der Waals surface area contributed by atoms with E-state index < -0.39 is 23.7 Å². The lowest BCUT2D eigenvalue weighted by atomic mass is 9.95. The van der Waals surface area contributed by atoms with Gasteiger partial charge in [0.15, 0.2) is 0 Å². The number of amides is 1. The molecule has 0 heterocycles. The molecule has 0 aliphatic carbocycles. The summed E-state index contributed by atoms with van der Waals surface area (Å²) in [5.74, 6) is -1.12. The number of ether oxygens (including phenoxy) is 1. The van der Waals surface area contributed by atoms with Gasteiger partial charge in [-0.1, -0.05) is 48.0 Å². The molecule has 0 bridgehead atoms. The van der Waals surface area contributed by atoms with Gasteiger partial charge in [-0.25, -0.2) is 9.59 Å². The zero-order valence-corrected chi connectivity index (χ0v) is 15.7. The molecule has 6 heteroatoms. The lowest BCUT2D eigenvalue weighted by Gasteiger charge is -2.22. The van der Waals surface area contributed by atoms with Crippen molar-refractivity contribution in [1.29, 1.82) is 0 Å². The van der Waals surface area contributed by atoms with Crippen LogP contribution in [0.4, 0.5) is 4.79 Å². The van der Waals surface area contributed by atoms with Crippen molar-refractivity contribution in [3.63, 3.8) is 0 Å². The average molecular weight is 376 g/mol. The fourth-order valence-corrected chi connectivity index (χ4v) is 2.61. The number of aliphatic carboxylic acids is 1. The largest absolute Gasteiger partial charge is 0.480 e. The Morgan fingerprint density at radius 3 is 2.31 bits per heavy atom. The fourth-order valence-electron chi connectivity index (χ4n) is 2.48. The lowest BCUT2D eigenvalue weighted by Crippen LogP contribution is -2.44. The summed E-state index contributed by atoms with van der Waals surface area (Å²) in [5.41, 5.74) is 1.92. The molecule has 0 aromatic heterocycles. The predicted molar refractivity (Wildman–Crippen MR) is 101 cm³/mol. The average Bonchev–Trinajstić information content (AvgIpc) is 2.54. The Labute approximate surface area is 157 Å². The summed E-state index contributed by atoms with van der Waals surface area (Å²) in [6, 6.07) is 13.7. The van der Waals surface area contributed by atoms with E-state index in [0.29, 0.717) is 5.02 Å². The van der Waals surface area contributed by atoms with Gasteiger partial charge in [0.25, 0.3) is 0 Å². The van der Waals surface area contributed by atoms with Crippen LogP contribution in [0, 0.1) is 0 Å². The van der Waals surface area contributed by atoms with Crippen LogP contribution in [0.25, 0.3) is 11.1 Å². The summed E-state index contributed by atoms with van der Waals surface area (Å²) >= 11 is 5.94. The second kappa shape index (κ2) is 8.23. The molecule has 2 aromatic rings. The van der Waals surface area contributed by atoms with Crippen LogP contribution in [0.3, 0.4) is 0 Å². The molecule has 2 aromatic carbocycles. The Morgan fingerprint density at radius 2 is 1.73 bits per heavy atom. The van der Waals surface area contributed by atoms with Gasteiger partial charge < -0.3 is 15.2 Å². The molecule has 0 radical (unpaired) electrons. The smallest absolute Gasteiger partial charge is 0.408 e. The number of benzene rings is 2. The number of nitrogens with one attached hydrogen (secondary N) is 1. The van der Waals surface area contributed by atoms with E-state index in [9.17, 15) is 14.7 Å². The number of alkyl carbamates (subject to hydrolysis) is 1. The van der Waals surface area contributed by atoms with Crippen molar-refractivity contribution in [3.8, 4) is 11.1 Å². The minimum absolute atomic E-state index is 0.132. The Balaban J connectivity index is 2.23.